The largest absolute Gasteiger partial charge is 0.507 e. The number of hydrogen-bond donors (Lipinski definition) is 1. The van der Waals surface area contributed by atoms with Crippen LogP contribution in [0.15, 0.2) is 72.8 Å². The molecule has 0 aliphatic carbocycles. The van der Waals surface area contributed by atoms with Gasteiger partial charge in [0.15, 0.2) is 8.07 Å². The van der Waals surface area contributed by atoms with Crippen LogP contribution in [-0.2, 0) is 10.8 Å². The summed E-state index contributed by atoms with van der Waals surface area (Å²) in [6.45, 7) is 15.1. The van der Waals surface area contributed by atoms with Gasteiger partial charge in [0.1, 0.15) is 11.5 Å². The van der Waals surface area contributed by atoms with E-state index in [1.807, 2.05) is 12.1 Å². The lowest BCUT2D eigenvalue weighted by Gasteiger charge is -2.31. The van der Waals surface area contributed by atoms with Crippen LogP contribution in [0, 0.1) is 0 Å². The summed E-state index contributed by atoms with van der Waals surface area (Å²) in [6.07, 6.45) is 0.638. The zero-order chi connectivity index (χ0) is 22.9. The second-order valence-corrected chi connectivity index (χ2v) is 14.8. The quantitative estimate of drug-likeness (QED) is 0.517. The number of rotatable bonds is 5. The molecule has 0 fully saturated rings. The zero-order valence-electron chi connectivity index (χ0n) is 20.0. The molecule has 3 aromatic rings. The lowest BCUT2D eigenvalue weighted by atomic mass is 9.79. The second-order valence-electron chi connectivity index (χ2n) is 10.7. The highest BCUT2D eigenvalue weighted by atomic mass is 28.3. The van der Waals surface area contributed by atoms with Crippen molar-refractivity contribution in [1.82, 2.24) is 0 Å². The first-order valence-electron chi connectivity index (χ1n) is 11.0. The number of phenols is 1. The van der Waals surface area contributed by atoms with E-state index in [2.05, 4.69) is 109 Å². The average molecular weight is 433 g/mol. The topological polar surface area (TPSA) is 29.5 Å². The minimum Gasteiger partial charge on any atom is -0.507 e. The van der Waals surface area contributed by atoms with E-state index in [4.69, 9.17) is 4.74 Å². The maximum absolute atomic E-state index is 11.0. The van der Waals surface area contributed by atoms with Crippen molar-refractivity contribution in [3.05, 3.63) is 83.9 Å². The van der Waals surface area contributed by atoms with Gasteiger partial charge in [0.25, 0.3) is 0 Å². The summed E-state index contributed by atoms with van der Waals surface area (Å²) in [7, 11) is -2.11. The molecule has 3 aromatic carbocycles. The Balaban J connectivity index is 2.05. The Labute approximate surface area is 188 Å². The van der Waals surface area contributed by atoms with E-state index in [1.165, 1.54) is 10.4 Å². The minimum absolute atomic E-state index is 0.178. The third-order valence-electron chi connectivity index (χ3n) is 6.05. The molecule has 0 bridgehead atoms. The summed E-state index contributed by atoms with van der Waals surface area (Å²) in [5.41, 5.74) is 1.50. The van der Waals surface area contributed by atoms with Gasteiger partial charge in [-0.15, -0.1) is 0 Å². The summed E-state index contributed by atoms with van der Waals surface area (Å²) < 4.78 is 6.56. The molecule has 3 rings (SSSR count). The van der Waals surface area contributed by atoms with E-state index in [0.29, 0.717) is 12.0 Å². The molecule has 0 saturated carbocycles. The van der Waals surface area contributed by atoms with Gasteiger partial charge in [-0.2, -0.15) is 0 Å². The molecule has 0 aliphatic rings. The summed E-state index contributed by atoms with van der Waals surface area (Å²) >= 11 is 0. The van der Waals surface area contributed by atoms with Gasteiger partial charge in [-0.25, -0.2) is 0 Å². The van der Waals surface area contributed by atoms with Crippen LogP contribution in [0.2, 0.25) is 6.55 Å². The van der Waals surface area contributed by atoms with Crippen molar-refractivity contribution in [1.29, 1.82) is 0 Å². The molecular formula is C28H36O2Si. The van der Waals surface area contributed by atoms with Crippen LogP contribution in [-0.4, -0.2) is 19.4 Å². The molecule has 164 valence electrons. The Hall–Kier alpha value is -2.52. The van der Waals surface area contributed by atoms with Gasteiger partial charge in [0.05, 0.1) is 6.23 Å². The molecule has 0 amide bonds. The average Bonchev–Trinajstić information content (AvgIpc) is 2.72. The number of benzene rings is 3. The highest BCUT2D eigenvalue weighted by Crippen LogP contribution is 2.41. The maximum Gasteiger partial charge on any atom is 0.156 e. The fourth-order valence-electron chi connectivity index (χ4n) is 4.01. The van der Waals surface area contributed by atoms with Gasteiger partial charge in [0.2, 0.25) is 0 Å². The molecule has 2 nitrogen and oxygen atoms in total. The van der Waals surface area contributed by atoms with Crippen molar-refractivity contribution in [3.8, 4) is 11.5 Å². The standard InChI is InChI=1S/C28H36O2Si/c1-27(2,3)24-18-21(19-25(26(24)29)28(4,5)6)30-20-31(7,22-14-10-8-11-15-22)23-16-12-9-13-17-23/h8-19,29H,20H2,1-7H3. The van der Waals surface area contributed by atoms with Gasteiger partial charge in [-0.05, 0) is 23.0 Å². The van der Waals surface area contributed by atoms with Gasteiger partial charge >= 0.3 is 0 Å². The molecule has 0 unspecified atom stereocenters. The molecule has 1 N–H and O–H groups in total. The van der Waals surface area contributed by atoms with Gasteiger partial charge in [0, 0.05) is 11.1 Å². The summed E-state index contributed by atoms with van der Waals surface area (Å²) in [5, 5.41) is 13.7. The molecule has 3 heteroatoms. The molecule has 0 saturated heterocycles. The Bertz CT molecular complexity index is 938. The van der Waals surface area contributed by atoms with E-state index in [-0.39, 0.29) is 10.8 Å². The summed E-state index contributed by atoms with van der Waals surface area (Å²) in [4.78, 5) is 0. The Morgan fingerprint density at radius 2 is 1.10 bits per heavy atom. The number of phenolic OH excluding ortho intramolecular Hbond substituents is 1. The van der Waals surface area contributed by atoms with Crippen molar-refractivity contribution >= 4 is 18.4 Å². The van der Waals surface area contributed by atoms with Crippen molar-refractivity contribution < 1.29 is 9.84 Å². The third-order valence-corrected chi connectivity index (χ3v) is 9.99. The first-order chi connectivity index (χ1) is 14.4. The summed E-state index contributed by atoms with van der Waals surface area (Å²) in [6, 6.07) is 25.5. The predicted molar refractivity (Wildman–Crippen MR) is 135 cm³/mol. The number of ether oxygens (including phenoxy) is 1. The van der Waals surface area contributed by atoms with Crippen LogP contribution < -0.4 is 15.1 Å². The van der Waals surface area contributed by atoms with Crippen molar-refractivity contribution in [2.24, 2.45) is 0 Å². The highest BCUT2D eigenvalue weighted by Gasteiger charge is 2.34. The molecule has 0 atom stereocenters. The van der Waals surface area contributed by atoms with Crippen LogP contribution >= 0.6 is 0 Å². The molecule has 0 aromatic heterocycles. The Morgan fingerprint density at radius 3 is 1.45 bits per heavy atom. The molecule has 0 radical (unpaired) electrons. The molecule has 0 aliphatic heterocycles. The molecule has 0 heterocycles. The Kier molecular flexibility index (Phi) is 6.38. The van der Waals surface area contributed by atoms with E-state index in [0.717, 1.165) is 16.9 Å². The second kappa shape index (κ2) is 8.55. The van der Waals surface area contributed by atoms with Crippen molar-refractivity contribution in [2.75, 3.05) is 6.23 Å². The Morgan fingerprint density at radius 1 is 0.710 bits per heavy atom. The SMILES string of the molecule is CC(C)(C)c1cc(OC[Si](C)(c2ccccc2)c2ccccc2)cc(C(C)(C)C)c1O. The monoisotopic (exact) mass is 432 g/mol. The minimum atomic E-state index is -2.11. The van der Waals surface area contributed by atoms with Gasteiger partial charge in [-0.3, -0.25) is 0 Å². The molecular weight excluding hydrogens is 396 g/mol. The summed E-state index contributed by atoms with van der Waals surface area (Å²) in [5.74, 6) is 1.22. The number of aromatic hydroxyl groups is 1. The fraction of sp³-hybridized carbons (Fsp3) is 0.357. The smallest absolute Gasteiger partial charge is 0.156 e. The van der Waals surface area contributed by atoms with E-state index >= 15 is 0 Å². The first-order valence-corrected chi connectivity index (χ1v) is 13.8. The van der Waals surface area contributed by atoms with Crippen LogP contribution in [0.4, 0.5) is 0 Å². The van der Waals surface area contributed by atoms with Crippen LogP contribution in [0.1, 0.15) is 52.7 Å². The highest BCUT2D eigenvalue weighted by molar-refractivity contribution is 7.01. The predicted octanol–water partition coefficient (Wildman–Crippen LogP) is 5.80. The van der Waals surface area contributed by atoms with E-state index in [9.17, 15) is 5.11 Å². The van der Waals surface area contributed by atoms with Gasteiger partial charge in [-0.1, -0.05) is 119 Å². The van der Waals surface area contributed by atoms with Crippen molar-refractivity contribution in [2.45, 2.75) is 58.9 Å². The maximum atomic E-state index is 11.0. The lowest BCUT2D eigenvalue weighted by Crippen LogP contribution is -2.60. The normalized spacial score (nSPS) is 12.6. The third kappa shape index (κ3) is 5.04. The fourth-order valence-corrected chi connectivity index (χ4v) is 6.99. The number of hydrogen-bond acceptors (Lipinski definition) is 2. The van der Waals surface area contributed by atoms with Gasteiger partial charge < -0.3 is 9.84 Å². The van der Waals surface area contributed by atoms with Crippen LogP contribution in [0.25, 0.3) is 0 Å². The van der Waals surface area contributed by atoms with E-state index < -0.39 is 8.07 Å². The van der Waals surface area contributed by atoms with E-state index in [1.54, 1.807) is 0 Å². The molecule has 31 heavy (non-hydrogen) atoms. The zero-order valence-corrected chi connectivity index (χ0v) is 21.0. The van der Waals surface area contributed by atoms with Crippen LogP contribution in [0.5, 0.6) is 11.5 Å². The lowest BCUT2D eigenvalue weighted by molar-refractivity contribution is 0.370. The van der Waals surface area contributed by atoms with Crippen LogP contribution in [0.3, 0.4) is 0 Å². The van der Waals surface area contributed by atoms with Crippen molar-refractivity contribution in [3.63, 3.8) is 0 Å². The molecule has 0 spiro atoms. The first kappa shape index (κ1) is 23.1.